The standard InChI is InChI=1S/C22H15ClN4O3/c23-15-6-11(10-24)5-14(7-15)22-26-21(27-30-22)13-2-4-18-17(8-13)16-3-1-12(9-19(28)29)20(16)25-18/h2,4-8,12,25H,1,3,9H2,(H,28,29). The van der Waals surface area contributed by atoms with Gasteiger partial charge in [-0.1, -0.05) is 16.8 Å². The summed E-state index contributed by atoms with van der Waals surface area (Å²) in [7, 11) is 0. The van der Waals surface area contributed by atoms with Crippen LogP contribution in [0.1, 0.15) is 35.6 Å². The van der Waals surface area contributed by atoms with Gasteiger partial charge < -0.3 is 14.6 Å². The quantitative estimate of drug-likeness (QED) is 0.486. The van der Waals surface area contributed by atoms with Gasteiger partial charge in [-0.05, 0) is 54.8 Å². The van der Waals surface area contributed by atoms with Gasteiger partial charge in [-0.3, -0.25) is 4.79 Å². The van der Waals surface area contributed by atoms with Gasteiger partial charge in [0.15, 0.2) is 0 Å². The number of hydrogen-bond donors (Lipinski definition) is 2. The molecule has 0 saturated heterocycles. The maximum absolute atomic E-state index is 11.1. The summed E-state index contributed by atoms with van der Waals surface area (Å²) >= 11 is 6.07. The van der Waals surface area contributed by atoms with Gasteiger partial charge in [0, 0.05) is 38.7 Å². The first-order valence-electron chi connectivity index (χ1n) is 9.43. The topological polar surface area (TPSA) is 116 Å². The zero-order chi connectivity index (χ0) is 20.8. The number of halogens is 1. The lowest BCUT2D eigenvalue weighted by Crippen LogP contribution is -2.03. The van der Waals surface area contributed by atoms with Gasteiger partial charge >= 0.3 is 5.97 Å². The van der Waals surface area contributed by atoms with Crippen LogP contribution in [0.25, 0.3) is 33.7 Å². The van der Waals surface area contributed by atoms with Crippen LogP contribution < -0.4 is 0 Å². The van der Waals surface area contributed by atoms with Gasteiger partial charge in [0.1, 0.15) is 0 Å². The van der Waals surface area contributed by atoms with E-state index in [-0.39, 0.29) is 18.2 Å². The first-order chi connectivity index (χ1) is 14.5. The van der Waals surface area contributed by atoms with Gasteiger partial charge in [0.2, 0.25) is 5.82 Å². The number of aryl methyl sites for hydroxylation is 1. The summed E-state index contributed by atoms with van der Waals surface area (Å²) < 4.78 is 5.40. The molecule has 0 fully saturated rings. The summed E-state index contributed by atoms with van der Waals surface area (Å²) in [6, 6.07) is 12.8. The predicted molar refractivity (Wildman–Crippen MR) is 110 cm³/mol. The molecule has 0 aliphatic heterocycles. The molecule has 2 heterocycles. The molecule has 0 saturated carbocycles. The second-order valence-electron chi connectivity index (χ2n) is 7.37. The molecule has 1 aliphatic rings. The Balaban J connectivity index is 1.52. The number of aromatic amines is 1. The van der Waals surface area contributed by atoms with Crippen LogP contribution in [0.4, 0.5) is 0 Å². The van der Waals surface area contributed by atoms with E-state index in [9.17, 15) is 4.79 Å². The molecule has 7 nitrogen and oxygen atoms in total. The van der Waals surface area contributed by atoms with Crippen molar-refractivity contribution in [2.24, 2.45) is 0 Å². The molecule has 0 amide bonds. The van der Waals surface area contributed by atoms with E-state index >= 15 is 0 Å². The first-order valence-corrected chi connectivity index (χ1v) is 9.81. The van der Waals surface area contributed by atoms with E-state index in [1.807, 2.05) is 18.2 Å². The number of benzene rings is 2. The minimum absolute atomic E-state index is 0.0160. The minimum Gasteiger partial charge on any atom is -0.481 e. The van der Waals surface area contributed by atoms with E-state index in [4.69, 9.17) is 26.5 Å². The molecular weight excluding hydrogens is 404 g/mol. The summed E-state index contributed by atoms with van der Waals surface area (Å²) in [5.41, 5.74) is 4.94. The van der Waals surface area contributed by atoms with Crippen molar-refractivity contribution in [3.05, 3.63) is 58.2 Å². The molecule has 5 rings (SSSR count). The maximum Gasteiger partial charge on any atom is 0.304 e. The van der Waals surface area contributed by atoms with Gasteiger partial charge in [-0.2, -0.15) is 10.2 Å². The Morgan fingerprint density at radius 1 is 1.30 bits per heavy atom. The third-order valence-electron chi connectivity index (χ3n) is 5.47. The normalized spacial score (nSPS) is 15.3. The number of H-pyrrole nitrogens is 1. The zero-order valence-electron chi connectivity index (χ0n) is 15.6. The summed E-state index contributed by atoms with van der Waals surface area (Å²) in [5.74, 6) is -0.0558. The highest BCUT2D eigenvalue weighted by Gasteiger charge is 2.28. The number of carboxylic acids is 1. The third kappa shape index (κ3) is 3.11. The second-order valence-corrected chi connectivity index (χ2v) is 7.81. The molecule has 1 unspecified atom stereocenters. The average Bonchev–Trinajstić information content (AvgIpc) is 3.43. The van der Waals surface area contributed by atoms with Crippen LogP contribution in [0.5, 0.6) is 0 Å². The van der Waals surface area contributed by atoms with E-state index in [0.29, 0.717) is 22.0 Å². The highest BCUT2D eigenvalue weighted by atomic mass is 35.5. The average molecular weight is 419 g/mol. The summed E-state index contributed by atoms with van der Waals surface area (Å²) in [4.78, 5) is 19.0. The Labute approximate surface area is 175 Å². The van der Waals surface area contributed by atoms with E-state index < -0.39 is 5.97 Å². The number of carbonyl (C=O) groups is 1. The van der Waals surface area contributed by atoms with E-state index in [1.54, 1.807) is 18.2 Å². The highest BCUT2D eigenvalue weighted by Crippen LogP contribution is 2.40. The third-order valence-corrected chi connectivity index (χ3v) is 5.69. The molecule has 0 bridgehead atoms. The number of aromatic nitrogens is 3. The Kier molecular flexibility index (Phi) is 4.30. The van der Waals surface area contributed by atoms with E-state index in [2.05, 4.69) is 21.2 Å². The van der Waals surface area contributed by atoms with Crippen molar-refractivity contribution in [1.29, 1.82) is 5.26 Å². The highest BCUT2D eigenvalue weighted by molar-refractivity contribution is 6.31. The molecule has 30 heavy (non-hydrogen) atoms. The SMILES string of the molecule is N#Cc1cc(Cl)cc(-c2nc(-c3ccc4[nH]c5c(c4c3)CCC5CC(=O)O)no2)c1. The van der Waals surface area contributed by atoms with Gasteiger partial charge in [-0.15, -0.1) is 0 Å². The van der Waals surface area contributed by atoms with Crippen LogP contribution in [0, 0.1) is 11.3 Å². The molecule has 1 aliphatic carbocycles. The predicted octanol–water partition coefficient (Wildman–Crippen LogP) is 4.91. The van der Waals surface area contributed by atoms with Gasteiger partial charge in [-0.25, -0.2) is 0 Å². The van der Waals surface area contributed by atoms with Crippen LogP contribution in [-0.4, -0.2) is 26.2 Å². The van der Waals surface area contributed by atoms with Crippen LogP contribution in [0.3, 0.4) is 0 Å². The second kappa shape index (κ2) is 7.01. The Bertz CT molecular complexity index is 1350. The lowest BCUT2D eigenvalue weighted by Gasteiger charge is -2.05. The number of fused-ring (bicyclic) bond motifs is 3. The number of nitriles is 1. The lowest BCUT2D eigenvalue weighted by molar-refractivity contribution is -0.137. The molecule has 1 atom stereocenters. The van der Waals surface area contributed by atoms with E-state index in [0.717, 1.165) is 40.6 Å². The van der Waals surface area contributed by atoms with Crippen molar-refractivity contribution < 1.29 is 14.4 Å². The number of nitrogens with zero attached hydrogens (tertiary/aromatic N) is 3. The summed E-state index contributed by atoms with van der Waals surface area (Å²) in [5, 5.41) is 23.8. The van der Waals surface area contributed by atoms with Crippen molar-refractivity contribution in [3.8, 4) is 28.9 Å². The van der Waals surface area contributed by atoms with Crippen molar-refractivity contribution in [1.82, 2.24) is 15.1 Å². The fourth-order valence-corrected chi connectivity index (χ4v) is 4.37. The summed E-state index contributed by atoms with van der Waals surface area (Å²) in [6.07, 6.45) is 1.80. The van der Waals surface area contributed by atoms with Crippen molar-refractivity contribution in [3.63, 3.8) is 0 Å². The molecule has 148 valence electrons. The molecule has 2 N–H and O–H groups in total. The Morgan fingerprint density at radius 3 is 2.97 bits per heavy atom. The van der Waals surface area contributed by atoms with Crippen LogP contribution in [0.15, 0.2) is 40.9 Å². The smallest absolute Gasteiger partial charge is 0.304 e. The van der Waals surface area contributed by atoms with Gasteiger partial charge in [0.05, 0.1) is 18.1 Å². The van der Waals surface area contributed by atoms with Gasteiger partial charge in [0.25, 0.3) is 5.89 Å². The minimum atomic E-state index is -0.785. The van der Waals surface area contributed by atoms with Crippen molar-refractivity contribution >= 4 is 28.5 Å². The number of carboxylic acid groups (broad SMARTS) is 1. The number of aliphatic carboxylic acids is 1. The maximum atomic E-state index is 11.1. The molecule has 2 aromatic carbocycles. The molecule has 8 heteroatoms. The van der Waals surface area contributed by atoms with Crippen molar-refractivity contribution in [2.75, 3.05) is 0 Å². The Hall–Kier alpha value is -3.63. The number of rotatable bonds is 4. The molecule has 2 aromatic heterocycles. The summed E-state index contributed by atoms with van der Waals surface area (Å²) in [6.45, 7) is 0. The zero-order valence-corrected chi connectivity index (χ0v) is 16.4. The fourth-order valence-electron chi connectivity index (χ4n) is 4.14. The molecular formula is C22H15ClN4O3. The first kappa shape index (κ1) is 18.4. The number of nitrogens with one attached hydrogen (secondary N) is 1. The molecule has 0 spiro atoms. The monoisotopic (exact) mass is 418 g/mol. The molecule has 4 aromatic rings. The largest absolute Gasteiger partial charge is 0.481 e. The lowest BCUT2D eigenvalue weighted by atomic mass is 10.0. The van der Waals surface area contributed by atoms with Crippen molar-refractivity contribution in [2.45, 2.75) is 25.2 Å². The van der Waals surface area contributed by atoms with Crippen LogP contribution >= 0.6 is 11.6 Å². The Morgan fingerprint density at radius 2 is 2.17 bits per heavy atom. The number of hydrogen-bond acceptors (Lipinski definition) is 5. The molecule has 0 radical (unpaired) electrons. The van der Waals surface area contributed by atoms with Crippen LogP contribution in [0.2, 0.25) is 5.02 Å². The van der Waals surface area contributed by atoms with E-state index in [1.165, 1.54) is 0 Å². The van der Waals surface area contributed by atoms with Crippen LogP contribution in [-0.2, 0) is 11.2 Å². The fraction of sp³-hybridized carbons (Fsp3) is 0.182.